The highest BCUT2D eigenvalue weighted by molar-refractivity contribution is 5.67. The molecule has 0 aromatic heterocycles. The summed E-state index contributed by atoms with van der Waals surface area (Å²) in [5, 5.41) is 8.59. The molecular weight excluding hydrogens is 208 g/mol. The van der Waals surface area contributed by atoms with E-state index < -0.39 is 5.97 Å². The van der Waals surface area contributed by atoms with Crippen LogP contribution in [-0.2, 0) is 16.0 Å². The number of ether oxygens (including phenoxy) is 2. The SMILES string of the molecule is O=C(O)CCc1cccc(OC2COC2)c1. The first-order chi connectivity index (χ1) is 7.74. The van der Waals surface area contributed by atoms with Crippen molar-refractivity contribution in [2.75, 3.05) is 13.2 Å². The highest BCUT2D eigenvalue weighted by Gasteiger charge is 2.19. The summed E-state index contributed by atoms with van der Waals surface area (Å²) in [7, 11) is 0. The largest absolute Gasteiger partial charge is 0.486 e. The lowest BCUT2D eigenvalue weighted by molar-refractivity contribution is -0.136. The second-order valence-electron chi connectivity index (χ2n) is 3.82. The molecule has 4 heteroatoms. The summed E-state index contributed by atoms with van der Waals surface area (Å²) in [6.45, 7) is 1.28. The minimum absolute atomic E-state index is 0.148. The maximum absolute atomic E-state index is 10.4. The first-order valence-corrected chi connectivity index (χ1v) is 5.29. The highest BCUT2D eigenvalue weighted by atomic mass is 16.6. The third kappa shape index (κ3) is 2.97. The number of aliphatic carboxylic acids is 1. The van der Waals surface area contributed by atoms with E-state index >= 15 is 0 Å². The molecule has 1 heterocycles. The van der Waals surface area contributed by atoms with E-state index in [-0.39, 0.29) is 12.5 Å². The Hall–Kier alpha value is -1.55. The van der Waals surface area contributed by atoms with Gasteiger partial charge in [0.05, 0.1) is 13.2 Å². The summed E-state index contributed by atoms with van der Waals surface area (Å²) < 4.78 is 10.6. The topological polar surface area (TPSA) is 55.8 Å². The lowest BCUT2D eigenvalue weighted by Gasteiger charge is -2.26. The monoisotopic (exact) mass is 222 g/mol. The van der Waals surface area contributed by atoms with Crippen molar-refractivity contribution in [3.8, 4) is 5.75 Å². The quantitative estimate of drug-likeness (QED) is 0.819. The molecule has 2 rings (SSSR count). The van der Waals surface area contributed by atoms with Crippen molar-refractivity contribution < 1.29 is 19.4 Å². The van der Waals surface area contributed by atoms with Crippen molar-refractivity contribution in [2.45, 2.75) is 18.9 Å². The van der Waals surface area contributed by atoms with Crippen LogP contribution < -0.4 is 4.74 Å². The summed E-state index contributed by atoms with van der Waals surface area (Å²) >= 11 is 0. The van der Waals surface area contributed by atoms with Gasteiger partial charge in [-0.2, -0.15) is 0 Å². The first kappa shape index (κ1) is 11.0. The third-order valence-electron chi connectivity index (χ3n) is 2.44. The van der Waals surface area contributed by atoms with E-state index in [1.54, 1.807) is 0 Å². The van der Waals surface area contributed by atoms with Gasteiger partial charge in [-0.1, -0.05) is 12.1 Å². The Morgan fingerprint density at radius 3 is 2.94 bits per heavy atom. The van der Waals surface area contributed by atoms with Crippen molar-refractivity contribution in [1.82, 2.24) is 0 Å². The van der Waals surface area contributed by atoms with Crippen LogP contribution in [0.4, 0.5) is 0 Å². The minimum Gasteiger partial charge on any atom is -0.486 e. The molecule has 0 spiro atoms. The van der Waals surface area contributed by atoms with E-state index in [1.165, 1.54) is 0 Å². The van der Waals surface area contributed by atoms with Crippen LogP contribution in [0, 0.1) is 0 Å². The number of rotatable bonds is 5. The van der Waals surface area contributed by atoms with Crippen molar-refractivity contribution in [3.63, 3.8) is 0 Å². The number of hydrogen-bond acceptors (Lipinski definition) is 3. The molecule has 1 N–H and O–H groups in total. The number of carboxylic acids is 1. The number of aryl methyl sites for hydroxylation is 1. The van der Waals surface area contributed by atoms with Gasteiger partial charge in [-0.05, 0) is 24.1 Å². The number of benzene rings is 1. The predicted octanol–water partition coefficient (Wildman–Crippen LogP) is 1.48. The average Bonchev–Trinajstić information content (AvgIpc) is 2.21. The Bertz CT molecular complexity index is 371. The Labute approximate surface area is 93.8 Å². The molecule has 0 unspecified atom stereocenters. The molecule has 0 atom stereocenters. The number of carbonyl (C=O) groups is 1. The normalized spacial score (nSPS) is 15.5. The lowest BCUT2D eigenvalue weighted by Crippen LogP contribution is -2.38. The number of hydrogen-bond donors (Lipinski definition) is 1. The van der Waals surface area contributed by atoms with E-state index in [9.17, 15) is 4.79 Å². The second-order valence-corrected chi connectivity index (χ2v) is 3.82. The summed E-state index contributed by atoms with van der Waals surface area (Å²) in [4.78, 5) is 10.4. The van der Waals surface area contributed by atoms with Crippen LogP contribution in [0.25, 0.3) is 0 Å². The second kappa shape index (κ2) is 4.99. The fourth-order valence-electron chi connectivity index (χ4n) is 1.50. The summed E-state index contributed by atoms with van der Waals surface area (Å²) in [6.07, 6.45) is 0.832. The molecule has 1 aromatic rings. The van der Waals surface area contributed by atoms with Gasteiger partial charge in [0.1, 0.15) is 11.9 Å². The van der Waals surface area contributed by atoms with Gasteiger partial charge in [-0.25, -0.2) is 0 Å². The van der Waals surface area contributed by atoms with Crippen LogP contribution in [-0.4, -0.2) is 30.4 Å². The zero-order valence-corrected chi connectivity index (χ0v) is 8.89. The third-order valence-corrected chi connectivity index (χ3v) is 2.44. The van der Waals surface area contributed by atoms with Gasteiger partial charge in [0.15, 0.2) is 0 Å². The average molecular weight is 222 g/mol. The van der Waals surface area contributed by atoms with E-state index in [2.05, 4.69) is 0 Å². The smallest absolute Gasteiger partial charge is 0.303 e. The van der Waals surface area contributed by atoms with E-state index in [0.717, 1.165) is 11.3 Å². The van der Waals surface area contributed by atoms with Gasteiger partial charge in [-0.15, -0.1) is 0 Å². The molecule has 86 valence electrons. The van der Waals surface area contributed by atoms with Crippen molar-refractivity contribution in [1.29, 1.82) is 0 Å². The molecule has 1 aliphatic heterocycles. The molecule has 16 heavy (non-hydrogen) atoms. The highest BCUT2D eigenvalue weighted by Crippen LogP contribution is 2.18. The molecule has 1 aliphatic rings. The lowest BCUT2D eigenvalue weighted by atomic mass is 10.1. The first-order valence-electron chi connectivity index (χ1n) is 5.29. The molecule has 1 aromatic carbocycles. The molecule has 0 amide bonds. The molecular formula is C12H14O4. The van der Waals surface area contributed by atoms with E-state index in [1.807, 2.05) is 24.3 Å². The van der Waals surface area contributed by atoms with Gasteiger partial charge in [0.25, 0.3) is 0 Å². The van der Waals surface area contributed by atoms with Gasteiger partial charge in [0.2, 0.25) is 0 Å². The molecule has 4 nitrogen and oxygen atoms in total. The van der Waals surface area contributed by atoms with Crippen LogP contribution in [0.3, 0.4) is 0 Å². The van der Waals surface area contributed by atoms with E-state index in [4.69, 9.17) is 14.6 Å². The number of carboxylic acid groups (broad SMARTS) is 1. The molecule has 0 bridgehead atoms. The zero-order valence-electron chi connectivity index (χ0n) is 8.89. The Morgan fingerprint density at radius 2 is 2.31 bits per heavy atom. The van der Waals surface area contributed by atoms with Crippen molar-refractivity contribution >= 4 is 5.97 Å². The predicted molar refractivity (Wildman–Crippen MR) is 57.6 cm³/mol. The van der Waals surface area contributed by atoms with Crippen LogP contribution in [0.1, 0.15) is 12.0 Å². The van der Waals surface area contributed by atoms with E-state index in [0.29, 0.717) is 19.6 Å². The summed E-state index contributed by atoms with van der Waals surface area (Å²) in [6, 6.07) is 7.56. The van der Waals surface area contributed by atoms with Crippen LogP contribution in [0.2, 0.25) is 0 Å². The van der Waals surface area contributed by atoms with Crippen LogP contribution >= 0.6 is 0 Å². The van der Waals surface area contributed by atoms with Crippen LogP contribution in [0.5, 0.6) is 5.75 Å². The molecule has 0 saturated carbocycles. The summed E-state index contributed by atoms with van der Waals surface area (Å²) in [5.74, 6) is 0.00917. The molecule has 0 radical (unpaired) electrons. The maximum atomic E-state index is 10.4. The van der Waals surface area contributed by atoms with Gasteiger partial charge < -0.3 is 14.6 Å². The van der Waals surface area contributed by atoms with Gasteiger partial charge >= 0.3 is 5.97 Å². The standard InChI is InChI=1S/C12H14O4/c13-12(14)5-4-9-2-1-3-10(6-9)16-11-7-15-8-11/h1-3,6,11H,4-5,7-8H2,(H,13,14). The maximum Gasteiger partial charge on any atom is 0.303 e. The van der Waals surface area contributed by atoms with Crippen molar-refractivity contribution in [3.05, 3.63) is 29.8 Å². The molecule has 1 saturated heterocycles. The molecule has 1 fully saturated rings. The Balaban J connectivity index is 1.92. The van der Waals surface area contributed by atoms with Crippen LogP contribution in [0.15, 0.2) is 24.3 Å². The Morgan fingerprint density at radius 1 is 1.50 bits per heavy atom. The van der Waals surface area contributed by atoms with Gasteiger partial charge in [-0.3, -0.25) is 4.79 Å². The fraction of sp³-hybridized carbons (Fsp3) is 0.417. The minimum atomic E-state index is -0.779. The summed E-state index contributed by atoms with van der Waals surface area (Å²) in [5.41, 5.74) is 0.986. The Kier molecular flexibility index (Phi) is 3.41. The van der Waals surface area contributed by atoms with Gasteiger partial charge in [0, 0.05) is 6.42 Å². The fourth-order valence-corrected chi connectivity index (χ4v) is 1.50. The zero-order chi connectivity index (χ0) is 11.4. The molecule has 0 aliphatic carbocycles. The van der Waals surface area contributed by atoms with Crippen molar-refractivity contribution in [2.24, 2.45) is 0 Å².